The molecule has 1 nitrogen and oxygen atoms in total. The van der Waals surface area contributed by atoms with E-state index in [4.69, 9.17) is 4.74 Å². The van der Waals surface area contributed by atoms with E-state index in [1.54, 1.807) is 0 Å². The Morgan fingerprint density at radius 1 is 1.29 bits per heavy atom. The highest BCUT2D eigenvalue weighted by Crippen LogP contribution is 2.44. The second kappa shape index (κ2) is 3.74. The van der Waals surface area contributed by atoms with Crippen LogP contribution < -0.4 is 0 Å². The topological polar surface area (TPSA) is 9.23 Å². The Kier molecular flexibility index (Phi) is 2.60. The van der Waals surface area contributed by atoms with Crippen LogP contribution in [0.1, 0.15) is 37.7 Å². The normalized spacial score (nSPS) is 32.0. The lowest BCUT2D eigenvalue weighted by molar-refractivity contribution is -0.00223. The van der Waals surface area contributed by atoms with Crippen molar-refractivity contribution in [3.63, 3.8) is 0 Å². The van der Waals surface area contributed by atoms with Gasteiger partial charge in [-0.3, -0.25) is 0 Å². The molecule has 1 fully saturated rings. The van der Waals surface area contributed by atoms with Crippen LogP contribution >= 0.6 is 0 Å². The third-order valence-electron chi connectivity index (χ3n) is 3.57. The first-order chi connectivity index (χ1) is 6.76. The molecule has 0 aromatic heterocycles. The highest BCUT2D eigenvalue weighted by Gasteiger charge is 2.39. The molecule has 14 heavy (non-hydrogen) atoms. The van der Waals surface area contributed by atoms with E-state index in [1.165, 1.54) is 24.8 Å². The molecule has 2 atom stereocenters. The summed E-state index contributed by atoms with van der Waals surface area (Å²) in [5.41, 5.74) is 1.48. The lowest BCUT2D eigenvalue weighted by atomic mass is 9.86. The van der Waals surface area contributed by atoms with Crippen molar-refractivity contribution in [1.82, 2.24) is 0 Å². The highest BCUT2D eigenvalue weighted by molar-refractivity contribution is 5.24. The molecule has 1 aromatic rings. The Balaban J connectivity index is 2.26. The van der Waals surface area contributed by atoms with Crippen molar-refractivity contribution in [3.8, 4) is 0 Å². The average molecular weight is 190 g/mol. The van der Waals surface area contributed by atoms with Crippen LogP contribution in [0, 0.1) is 0 Å². The summed E-state index contributed by atoms with van der Waals surface area (Å²) in [6.45, 7) is 2.23. The summed E-state index contributed by atoms with van der Waals surface area (Å²) in [5.74, 6) is 0.577. The summed E-state index contributed by atoms with van der Waals surface area (Å²) in [5, 5.41) is 0. The number of benzene rings is 1. The molecule has 76 valence electrons. The highest BCUT2D eigenvalue weighted by atomic mass is 16.5. The van der Waals surface area contributed by atoms with Gasteiger partial charge in [-0.05, 0) is 31.7 Å². The van der Waals surface area contributed by atoms with Crippen LogP contribution in [0.2, 0.25) is 0 Å². The molecular weight excluding hydrogens is 172 g/mol. The van der Waals surface area contributed by atoms with Gasteiger partial charge in [0.15, 0.2) is 0 Å². The van der Waals surface area contributed by atoms with Crippen LogP contribution in [0.5, 0.6) is 0 Å². The molecule has 1 aliphatic rings. The van der Waals surface area contributed by atoms with Gasteiger partial charge in [-0.1, -0.05) is 30.3 Å². The molecule has 0 aliphatic heterocycles. The molecule has 0 saturated heterocycles. The van der Waals surface area contributed by atoms with E-state index in [-0.39, 0.29) is 5.60 Å². The van der Waals surface area contributed by atoms with E-state index in [2.05, 4.69) is 37.3 Å². The number of ether oxygens (including phenoxy) is 1. The van der Waals surface area contributed by atoms with Gasteiger partial charge in [0, 0.05) is 13.0 Å². The van der Waals surface area contributed by atoms with Crippen LogP contribution in [-0.2, 0) is 4.74 Å². The smallest absolute Gasteiger partial charge is 0.0718 e. The molecule has 0 spiro atoms. The lowest BCUT2D eigenvalue weighted by Gasteiger charge is -2.30. The quantitative estimate of drug-likeness (QED) is 0.695. The lowest BCUT2D eigenvalue weighted by Crippen LogP contribution is -2.30. The Labute approximate surface area is 86.1 Å². The van der Waals surface area contributed by atoms with Crippen molar-refractivity contribution in [3.05, 3.63) is 35.9 Å². The van der Waals surface area contributed by atoms with Crippen LogP contribution in [0.3, 0.4) is 0 Å². The van der Waals surface area contributed by atoms with Crippen molar-refractivity contribution in [2.45, 2.75) is 37.7 Å². The van der Waals surface area contributed by atoms with Crippen LogP contribution in [0.25, 0.3) is 0 Å². The summed E-state index contributed by atoms with van der Waals surface area (Å²) < 4.78 is 5.67. The minimum absolute atomic E-state index is 0.0569. The second-order valence-corrected chi connectivity index (χ2v) is 4.37. The fourth-order valence-corrected chi connectivity index (χ4v) is 2.59. The first-order valence-corrected chi connectivity index (χ1v) is 5.36. The zero-order valence-corrected chi connectivity index (χ0v) is 8.99. The van der Waals surface area contributed by atoms with Gasteiger partial charge in [0.1, 0.15) is 0 Å². The van der Waals surface area contributed by atoms with Gasteiger partial charge in [0.2, 0.25) is 0 Å². The van der Waals surface area contributed by atoms with Crippen molar-refractivity contribution >= 4 is 0 Å². The largest absolute Gasteiger partial charge is 0.378 e. The van der Waals surface area contributed by atoms with E-state index in [1.807, 2.05) is 7.11 Å². The maximum absolute atomic E-state index is 5.67. The third kappa shape index (κ3) is 1.57. The molecule has 0 bridgehead atoms. The van der Waals surface area contributed by atoms with Gasteiger partial charge in [-0.2, -0.15) is 0 Å². The molecule has 1 saturated carbocycles. The number of rotatable bonds is 2. The summed E-state index contributed by atoms with van der Waals surface area (Å²) >= 11 is 0. The third-order valence-corrected chi connectivity index (χ3v) is 3.57. The zero-order valence-electron chi connectivity index (χ0n) is 8.99. The van der Waals surface area contributed by atoms with Gasteiger partial charge in [-0.15, -0.1) is 0 Å². The molecule has 1 aromatic carbocycles. The Hall–Kier alpha value is -0.820. The molecule has 0 N–H and O–H groups in total. The van der Waals surface area contributed by atoms with Gasteiger partial charge in [0.05, 0.1) is 5.60 Å². The van der Waals surface area contributed by atoms with E-state index in [0.717, 1.165) is 0 Å². The maximum atomic E-state index is 5.67. The van der Waals surface area contributed by atoms with Gasteiger partial charge >= 0.3 is 0 Å². The molecule has 0 heterocycles. The number of hydrogen-bond donors (Lipinski definition) is 0. The molecular formula is C13H18O. The average Bonchev–Trinajstić information content (AvgIpc) is 2.63. The van der Waals surface area contributed by atoms with Gasteiger partial charge < -0.3 is 4.74 Å². The molecule has 1 heteroatoms. The molecule has 0 amide bonds. The van der Waals surface area contributed by atoms with Crippen LogP contribution in [0.15, 0.2) is 30.3 Å². The second-order valence-electron chi connectivity index (χ2n) is 4.37. The van der Waals surface area contributed by atoms with E-state index in [0.29, 0.717) is 5.92 Å². The number of methoxy groups -OCH3 is 1. The Bertz CT molecular complexity index is 293. The Morgan fingerprint density at radius 3 is 2.64 bits per heavy atom. The van der Waals surface area contributed by atoms with Crippen molar-refractivity contribution in [2.75, 3.05) is 7.11 Å². The van der Waals surface area contributed by atoms with Gasteiger partial charge in [0.25, 0.3) is 0 Å². The fourth-order valence-electron chi connectivity index (χ4n) is 2.59. The standard InChI is InChI=1S/C13H18O/c1-13(14-2)10-6-9-12(13)11-7-4-3-5-8-11/h3-5,7-8,12H,6,9-10H2,1-2H3/t12-,13+/m0/s1. The van der Waals surface area contributed by atoms with Gasteiger partial charge in [-0.25, -0.2) is 0 Å². The maximum Gasteiger partial charge on any atom is 0.0718 e. The number of hydrogen-bond acceptors (Lipinski definition) is 1. The van der Waals surface area contributed by atoms with Crippen LogP contribution in [0.4, 0.5) is 0 Å². The summed E-state index contributed by atoms with van der Waals surface area (Å²) in [6, 6.07) is 10.7. The molecule has 2 rings (SSSR count). The minimum atomic E-state index is 0.0569. The predicted molar refractivity (Wildman–Crippen MR) is 58.4 cm³/mol. The first kappa shape index (κ1) is 9.72. The first-order valence-electron chi connectivity index (χ1n) is 5.36. The summed E-state index contributed by atoms with van der Waals surface area (Å²) in [6.07, 6.45) is 3.72. The molecule has 1 aliphatic carbocycles. The van der Waals surface area contributed by atoms with Crippen molar-refractivity contribution in [1.29, 1.82) is 0 Å². The van der Waals surface area contributed by atoms with E-state index >= 15 is 0 Å². The molecule has 0 radical (unpaired) electrons. The molecule has 0 unspecified atom stereocenters. The zero-order chi connectivity index (χ0) is 10.0. The SMILES string of the molecule is CO[C@]1(C)CCC[C@H]1c1ccccc1. The summed E-state index contributed by atoms with van der Waals surface area (Å²) in [7, 11) is 1.83. The van der Waals surface area contributed by atoms with Crippen molar-refractivity contribution in [2.24, 2.45) is 0 Å². The minimum Gasteiger partial charge on any atom is -0.378 e. The fraction of sp³-hybridized carbons (Fsp3) is 0.538. The Morgan fingerprint density at radius 2 is 2.00 bits per heavy atom. The van der Waals surface area contributed by atoms with E-state index in [9.17, 15) is 0 Å². The van der Waals surface area contributed by atoms with Crippen molar-refractivity contribution < 1.29 is 4.74 Å². The summed E-state index contributed by atoms with van der Waals surface area (Å²) in [4.78, 5) is 0. The van der Waals surface area contributed by atoms with Crippen LogP contribution in [-0.4, -0.2) is 12.7 Å². The van der Waals surface area contributed by atoms with E-state index < -0.39 is 0 Å². The predicted octanol–water partition coefficient (Wildman–Crippen LogP) is 3.36. The monoisotopic (exact) mass is 190 g/mol.